The van der Waals surface area contributed by atoms with Crippen molar-refractivity contribution >= 4 is 0 Å². The van der Waals surface area contributed by atoms with Crippen LogP contribution < -0.4 is 0 Å². The van der Waals surface area contributed by atoms with Gasteiger partial charge < -0.3 is 39.4 Å². The Morgan fingerprint density at radius 1 is 0.520 bits per heavy atom. The van der Waals surface area contributed by atoms with E-state index in [1.54, 1.807) is 0 Å². The molecule has 50 heavy (non-hydrogen) atoms. The van der Waals surface area contributed by atoms with Crippen molar-refractivity contribution in [2.45, 2.75) is 180 Å². The van der Waals surface area contributed by atoms with Gasteiger partial charge >= 0.3 is 0 Å². The van der Waals surface area contributed by atoms with Crippen LogP contribution >= 0.6 is 0 Å². The number of hydrogen-bond donors (Lipinski definition) is 4. The van der Waals surface area contributed by atoms with Crippen LogP contribution in [0.3, 0.4) is 0 Å². The summed E-state index contributed by atoms with van der Waals surface area (Å²) in [5.41, 5.74) is 5.43. The average molecular weight is 701 g/mol. The van der Waals surface area contributed by atoms with E-state index < -0.39 is 12.2 Å². The fourth-order valence-corrected chi connectivity index (χ4v) is 6.45. The second-order valence-corrected chi connectivity index (χ2v) is 13.4. The lowest BCUT2D eigenvalue weighted by molar-refractivity contribution is -0.0481. The number of allylic oxidation sites excluding steroid dienone is 4. The average Bonchev–Trinajstić information content (AvgIpc) is 3.13. The molecule has 0 spiro atoms. The van der Waals surface area contributed by atoms with Gasteiger partial charge in [-0.3, -0.25) is 0 Å². The number of aliphatic hydroxyl groups is 4. The van der Waals surface area contributed by atoms with Crippen molar-refractivity contribution in [3.8, 4) is 25.1 Å². The smallest absolute Gasteiger partial charge is 0.137 e. The fraction of sp³-hybridized carbons (Fsp3) is 0.714. The predicted octanol–water partition coefficient (Wildman–Crippen LogP) is 7.45. The zero-order valence-corrected chi connectivity index (χ0v) is 31.8. The van der Waals surface area contributed by atoms with Crippen LogP contribution in [0.15, 0.2) is 46.6 Å². The standard InChI is InChI=1S/2C11H20O2.2C10H14O2/c2*1-3-7-13-11-8-9(4-2)5-6-10(11)12;2*1-3-8-5-6-10(12-4-2)9(11)7-8/h2*4,10-12H,3,5-8H2,1-2H3;2*2-3,9-11H,5-7H2,1H3/b9-4+;9-4-;8-3+;8-3-. The summed E-state index contributed by atoms with van der Waals surface area (Å²) in [6.45, 7) is 13.8. The Morgan fingerprint density at radius 2 is 0.840 bits per heavy atom. The first-order chi connectivity index (χ1) is 24.1. The molecule has 0 aromatic heterocycles. The molecule has 8 atom stereocenters. The van der Waals surface area contributed by atoms with Crippen molar-refractivity contribution in [2.75, 3.05) is 13.2 Å². The van der Waals surface area contributed by atoms with Crippen molar-refractivity contribution in [1.82, 2.24) is 0 Å². The van der Waals surface area contributed by atoms with E-state index in [-0.39, 0.29) is 36.6 Å². The highest BCUT2D eigenvalue weighted by molar-refractivity contribution is 5.09. The van der Waals surface area contributed by atoms with Gasteiger partial charge in [0.15, 0.2) is 0 Å². The van der Waals surface area contributed by atoms with Gasteiger partial charge in [-0.15, -0.1) is 0 Å². The Hall–Kier alpha value is -2.56. The Kier molecular flexibility index (Phi) is 24.7. The molecular formula is C42H68O8. The summed E-state index contributed by atoms with van der Waals surface area (Å²) in [7, 11) is 0. The molecule has 4 N–H and O–H groups in total. The largest absolute Gasteiger partial charge is 0.441 e. The Labute approximate surface area is 304 Å². The lowest BCUT2D eigenvalue weighted by Gasteiger charge is -2.29. The van der Waals surface area contributed by atoms with Gasteiger partial charge in [0.2, 0.25) is 0 Å². The number of hydrogen-bond acceptors (Lipinski definition) is 8. The van der Waals surface area contributed by atoms with Crippen molar-refractivity contribution in [1.29, 1.82) is 0 Å². The van der Waals surface area contributed by atoms with Gasteiger partial charge in [-0.05, 0) is 118 Å². The van der Waals surface area contributed by atoms with Crippen molar-refractivity contribution < 1.29 is 39.4 Å². The maximum Gasteiger partial charge on any atom is 0.137 e. The molecule has 0 heterocycles. The molecule has 8 nitrogen and oxygen atoms in total. The first-order valence-electron chi connectivity index (χ1n) is 18.8. The molecule has 4 rings (SSSR count). The third-order valence-corrected chi connectivity index (χ3v) is 9.75. The normalized spacial score (nSPS) is 32.6. The molecule has 4 aliphatic rings. The molecule has 4 saturated carbocycles. The minimum Gasteiger partial charge on any atom is -0.441 e. The maximum atomic E-state index is 9.66. The van der Waals surface area contributed by atoms with E-state index in [1.165, 1.54) is 22.3 Å². The molecule has 8 unspecified atom stereocenters. The van der Waals surface area contributed by atoms with E-state index in [9.17, 15) is 20.4 Å². The highest BCUT2D eigenvalue weighted by Gasteiger charge is 2.28. The molecule has 4 fully saturated rings. The number of aliphatic hydroxyl groups excluding tert-OH is 4. The monoisotopic (exact) mass is 700 g/mol. The second-order valence-electron chi connectivity index (χ2n) is 13.4. The zero-order chi connectivity index (χ0) is 37.3. The highest BCUT2D eigenvalue weighted by Crippen LogP contribution is 2.28. The molecule has 0 amide bonds. The van der Waals surface area contributed by atoms with Gasteiger partial charge in [0.1, 0.15) is 24.4 Å². The van der Waals surface area contributed by atoms with Crippen molar-refractivity contribution in [2.24, 2.45) is 0 Å². The van der Waals surface area contributed by atoms with Crippen LogP contribution in [0.4, 0.5) is 0 Å². The summed E-state index contributed by atoms with van der Waals surface area (Å²) in [4.78, 5) is 0. The minimum atomic E-state index is -0.430. The van der Waals surface area contributed by atoms with Crippen LogP contribution in [-0.4, -0.2) is 82.5 Å². The van der Waals surface area contributed by atoms with Crippen LogP contribution in [0.2, 0.25) is 0 Å². The molecule has 0 bridgehead atoms. The Balaban J connectivity index is 0.000000334. The van der Waals surface area contributed by atoms with Crippen LogP contribution in [0, 0.1) is 25.1 Å². The van der Waals surface area contributed by atoms with E-state index >= 15 is 0 Å². The van der Waals surface area contributed by atoms with Crippen LogP contribution in [0.1, 0.15) is 131 Å². The molecule has 0 aliphatic heterocycles. The van der Waals surface area contributed by atoms with Crippen molar-refractivity contribution in [3.05, 3.63) is 46.6 Å². The molecule has 0 saturated heterocycles. The van der Waals surface area contributed by atoms with E-state index in [2.05, 4.69) is 64.2 Å². The van der Waals surface area contributed by atoms with Gasteiger partial charge in [-0.2, -0.15) is 0 Å². The predicted molar refractivity (Wildman–Crippen MR) is 202 cm³/mol. The minimum absolute atomic E-state index is 0.0416. The molecule has 8 heteroatoms. The van der Waals surface area contributed by atoms with E-state index in [0.29, 0.717) is 12.8 Å². The van der Waals surface area contributed by atoms with Crippen molar-refractivity contribution in [3.63, 3.8) is 0 Å². The second kappa shape index (κ2) is 27.1. The number of ether oxygens (including phenoxy) is 4. The molecule has 0 aromatic carbocycles. The van der Waals surface area contributed by atoms with E-state index in [0.717, 1.165) is 90.3 Å². The fourth-order valence-electron chi connectivity index (χ4n) is 6.45. The van der Waals surface area contributed by atoms with Crippen LogP contribution in [0.25, 0.3) is 0 Å². The summed E-state index contributed by atoms with van der Waals surface area (Å²) in [6, 6.07) is 0. The van der Waals surface area contributed by atoms with Gasteiger partial charge in [-0.25, -0.2) is 0 Å². The van der Waals surface area contributed by atoms with Gasteiger partial charge in [0, 0.05) is 13.2 Å². The Morgan fingerprint density at radius 3 is 1.12 bits per heavy atom. The van der Waals surface area contributed by atoms with Gasteiger partial charge in [-0.1, -0.05) is 73.3 Å². The third kappa shape index (κ3) is 17.6. The first kappa shape index (κ1) is 45.5. The van der Waals surface area contributed by atoms with Crippen LogP contribution in [-0.2, 0) is 18.9 Å². The molecule has 284 valence electrons. The topological polar surface area (TPSA) is 118 Å². The summed E-state index contributed by atoms with van der Waals surface area (Å²) in [5, 5.41) is 38.4. The quantitative estimate of drug-likeness (QED) is 0.152. The SMILES string of the molecule is C#COC1CC/C(=C/C)CC1O.C#COC1CC/C(=C\C)CC1O.C/C=C1/CCC(O)C(OCCC)C1.C/C=C1\CCC(O)C(OCCC)C1. The first-order valence-corrected chi connectivity index (χ1v) is 18.8. The highest BCUT2D eigenvalue weighted by atomic mass is 16.5. The molecule has 4 aliphatic carbocycles. The summed E-state index contributed by atoms with van der Waals surface area (Å²) < 4.78 is 21.0. The molecule has 0 radical (unpaired) electrons. The molecular weight excluding hydrogens is 632 g/mol. The third-order valence-electron chi connectivity index (χ3n) is 9.75. The lowest BCUT2D eigenvalue weighted by Crippen LogP contribution is -2.33. The summed E-state index contributed by atoms with van der Waals surface area (Å²) in [5.74, 6) is 0. The number of terminal acetylenes is 2. The van der Waals surface area contributed by atoms with Gasteiger partial charge in [0.25, 0.3) is 0 Å². The number of rotatable bonds is 8. The molecule has 0 aromatic rings. The van der Waals surface area contributed by atoms with E-state index in [4.69, 9.17) is 31.8 Å². The summed E-state index contributed by atoms with van der Waals surface area (Å²) >= 11 is 0. The van der Waals surface area contributed by atoms with Crippen LogP contribution in [0.5, 0.6) is 0 Å². The Bertz CT molecular complexity index is 1040. The zero-order valence-electron chi connectivity index (χ0n) is 31.8. The van der Waals surface area contributed by atoms with Gasteiger partial charge in [0.05, 0.1) is 36.6 Å². The summed E-state index contributed by atoms with van der Waals surface area (Å²) in [6.07, 6.45) is 33.7. The maximum absolute atomic E-state index is 9.66. The lowest BCUT2D eigenvalue weighted by atomic mass is 9.90. The van der Waals surface area contributed by atoms with E-state index in [1.807, 2.05) is 13.8 Å².